The van der Waals surface area contributed by atoms with Crippen molar-refractivity contribution in [2.45, 2.75) is 33.4 Å². The first-order chi connectivity index (χ1) is 7.08. The number of aryl methyl sites for hydroxylation is 1. The lowest BCUT2D eigenvalue weighted by atomic mass is 10.4. The molecule has 2 N–H and O–H groups in total. The number of carbonyl (C=O) groups is 1. The molecule has 0 aliphatic heterocycles. The van der Waals surface area contributed by atoms with Gasteiger partial charge in [0.2, 0.25) is 5.91 Å². The number of hydrogen-bond acceptors (Lipinski definition) is 3. The lowest BCUT2D eigenvalue weighted by Gasteiger charge is -2.08. The molecule has 0 bridgehead atoms. The Morgan fingerprint density at radius 1 is 1.44 bits per heavy atom. The van der Waals surface area contributed by atoms with Crippen molar-refractivity contribution in [3.8, 4) is 0 Å². The maximum atomic E-state index is 11.3. The highest BCUT2D eigenvalue weighted by molar-refractivity contribution is 7.11. The molecule has 0 unspecified atom stereocenters. The summed E-state index contributed by atoms with van der Waals surface area (Å²) in [6.45, 7) is 7.15. The van der Waals surface area contributed by atoms with Gasteiger partial charge in [0.25, 0.3) is 0 Å². The molecule has 0 aromatic carbocycles. The molecule has 0 aliphatic rings. The summed E-state index contributed by atoms with van der Waals surface area (Å²) < 4.78 is 0. The van der Waals surface area contributed by atoms with Gasteiger partial charge in [0, 0.05) is 22.3 Å². The van der Waals surface area contributed by atoms with Crippen LogP contribution in [0.3, 0.4) is 0 Å². The van der Waals surface area contributed by atoms with Crippen molar-refractivity contribution in [3.63, 3.8) is 0 Å². The summed E-state index contributed by atoms with van der Waals surface area (Å²) in [6.07, 6.45) is 0. The quantitative estimate of drug-likeness (QED) is 0.853. The van der Waals surface area contributed by atoms with Crippen molar-refractivity contribution in [3.05, 3.63) is 21.9 Å². The van der Waals surface area contributed by atoms with Gasteiger partial charge in [-0.15, -0.1) is 23.7 Å². The van der Waals surface area contributed by atoms with Crippen LogP contribution in [0.25, 0.3) is 0 Å². The second-order valence-electron chi connectivity index (χ2n) is 3.84. The van der Waals surface area contributed by atoms with E-state index in [-0.39, 0.29) is 24.4 Å². The Labute approximate surface area is 107 Å². The highest BCUT2D eigenvalue weighted by Gasteiger charge is 2.02. The fourth-order valence-corrected chi connectivity index (χ4v) is 2.11. The van der Waals surface area contributed by atoms with Gasteiger partial charge in [-0.3, -0.25) is 4.79 Å². The fraction of sp³-hybridized carbons (Fsp3) is 0.545. The summed E-state index contributed by atoms with van der Waals surface area (Å²) >= 11 is 1.76. The topological polar surface area (TPSA) is 41.1 Å². The van der Waals surface area contributed by atoms with E-state index < -0.39 is 0 Å². The van der Waals surface area contributed by atoms with Gasteiger partial charge in [0.15, 0.2) is 0 Å². The van der Waals surface area contributed by atoms with Gasteiger partial charge in [-0.25, -0.2) is 0 Å². The first-order valence-corrected chi connectivity index (χ1v) is 5.95. The molecule has 1 aromatic rings. The third kappa shape index (κ3) is 6.10. The number of amides is 1. The monoisotopic (exact) mass is 262 g/mol. The van der Waals surface area contributed by atoms with E-state index in [1.807, 2.05) is 13.8 Å². The van der Waals surface area contributed by atoms with Gasteiger partial charge in [0.05, 0.1) is 6.54 Å². The van der Waals surface area contributed by atoms with Crippen molar-refractivity contribution < 1.29 is 4.79 Å². The fourth-order valence-electron chi connectivity index (χ4n) is 1.25. The summed E-state index contributed by atoms with van der Waals surface area (Å²) in [5.41, 5.74) is 0. The molecule has 0 radical (unpaired) electrons. The van der Waals surface area contributed by atoms with Gasteiger partial charge in [-0.1, -0.05) is 0 Å². The largest absolute Gasteiger partial charge is 0.353 e. The van der Waals surface area contributed by atoms with Gasteiger partial charge in [-0.05, 0) is 32.9 Å². The molecule has 0 aliphatic carbocycles. The van der Waals surface area contributed by atoms with Gasteiger partial charge < -0.3 is 10.6 Å². The van der Waals surface area contributed by atoms with Crippen molar-refractivity contribution in [1.82, 2.24) is 10.6 Å². The molecule has 1 aromatic heterocycles. The second kappa shape index (κ2) is 7.65. The van der Waals surface area contributed by atoms with Crippen LogP contribution in [0.1, 0.15) is 23.6 Å². The van der Waals surface area contributed by atoms with Gasteiger partial charge >= 0.3 is 0 Å². The summed E-state index contributed by atoms with van der Waals surface area (Å²) in [5.74, 6) is 0.0540. The number of thiophene rings is 1. The van der Waals surface area contributed by atoms with Crippen molar-refractivity contribution in [2.75, 3.05) is 6.54 Å². The third-order valence-electron chi connectivity index (χ3n) is 1.83. The predicted molar refractivity (Wildman–Crippen MR) is 71.3 cm³/mol. The van der Waals surface area contributed by atoms with Crippen molar-refractivity contribution in [2.24, 2.45) is 0 Å². The predicted octanol–water partition coefficient (Wildman–Crippen LogP) is 2.09. The molecule has 92 valence electrons. The molecular formula is C11H19ClN2OS. The maximum Gasteiger partial charge on any atom is 0.234 e. The summed E-state index contributed by atoms with van der Waals surface area (Å²) in [6, 6.07) is 4.40. The van der Waals surface area contributed by atoms with E-state index in [0.717, 1.165) is 6.54 Å². The zero-order chi connectivity index (χ0) is 11.3. The van der Waals surface area contributed by atoms with Crippen LogP contribution in [0, 0.1) is 6.92 Å². The van der Waals surface area contributed by atoms with E-state index in [9.17, 15) is 4.79 Å². The van der Waals surface area contributed by atoms with Crippen LogP contribution in [-0.2, 0) is 11.3 Å². The normalized spacial score (nSPS) is 10.0. The average Bonchev–Trinajstić information content (AvgIpc) is 2.50. The SMILES string of the molecule is Cc1ccc(CNCC(=O)NC(C)C)s1.Cl. The van der Waals surface area contributed by atoms with Crippen LogP contribution in [0.5, 0.6) is 0 Å². The molecule has 1 amide bonds. The summed E-state index contributed by atoms with van der Waals surface area (Å²) in [4.78, 5) is 13.9. The molecule has 0 atom stereocenters. The maximum absolute atomic E-state index is 11.3. The Kier molecular flexibility index (Phi) is 7.38. The van der Waals surface area contributed by atoms with E-state index in [0.29, 0.717) is 6.54 Å². The highest BCUT2D eigenvalue weighted by Crippen LogP contribution is 2.14. The molecular weight excluding hydrogens is 244 g/mol. The molecule has 0 saturated heterocycles. The zero-order valence-corrected chi connectivity index (χ0v) is 11.5. The number of carbonyl (C=O) groups excluding carboxylic acids is 1. The van der Waals surface area contributed by atoms with Crippen LogP contribution >= 0.6 is 23.7 Å². The molecule has 3 nitrogen and oxygen atoms in total. The Balaban J connectivity index is 0.00000225. The molecule has 0 spiro atoms. The lowest BCUT2D eigenvalue weighted by Crippen LogP contribution is -2.37. The summed E-state index contributed by atoms with van der Waals surface area (Å²) in [5, 5.41) is 5.95. The highest BCUT2D eigenvalue weighted by atomic mass is 35.5. The average molecular weight is 263 g/mol. The standard InChI is InChI=1S/C11H18N2OS.ClH/c1-8(2)13-11(14)7-12-6-10-5-4-9(3)15-10;/h4-5,8,12H,6-7H2,1-3H3,(H,13,14);1H. The van der Waals surface area contributed by atoms with Gasteiger partial charge in [-0.2, -0.15) is 0 Å². The number of hydrogen-bond donors (Lipinski definition) is 2. The van der Waals surface area contributed by atoms with E-state index in [1.165, 1.54) is 9.75 Å². The van der Waals surface area contributed by atoms with E-state index in [2.05, 4.69) is 29.7 Å². The Bertz CT molecular complexity index is 326. The molecule has 5 heteroatoms. The third-order valence-corrected chi connectivity index (χ3v) is 2.83. The molecule has 16 heavy (non-hydrogen) atoms. The minimum Gasteiger partial charge on any atom is -0.353 e. The second-order valence-corrected chi connectivity index (χ2v) is 5.21. The minimum absolute atomic E-state index is 0. The van der Waals surface area contributed by atoms with Crippen LogP contribution in [-0.4, -0.2) is 18.5 Å². The molecule has 0 saturated carbocycles. The van der Waals surface area contributed by atoms with Crippen molar-refractivity contribution in [1.29, 1.82) is 0 Å². The zero-order valence-electron chi connectivity index (χ0n) is 9.87. The smallest absolute Gasteiger partial charge is 0.234 e. The number of nitrogens with one attached hydrogen (secondary N) is 2. The number of rotatable bonds is 5. The van der Waals surface area contributed by atoms with E-state index >= 15 is 0 Å². The molecule has 0 fully saturated rings. The van der Waals surface area contributed by atoms with Crippen LogP contribution in [0.4, 0.5) is 0 Å². The van der Waals surface area contributed by atoms with E-state index in [1.54, 1.807) is 11.3 Å². The first-order valence-electron chi connectivity index (χ1n) is 5.13. The van der Waals surface area contributed by atoms with Crippen LogP contribution in [0.15, 0.2) is 12.1 Å². The Morgan fingerprint density at radius 2 is 2.12 bits per heavy atom. The van der Waals surface area contributed by atoms with E-state index in [4.69, 9.17) is 0 Å². The molecule has 1 rings (SSSR count). The first kappa shape index (κ1) is 15.4. The lowest BCUT2D eigenvalue weighted by molar-refractivity contribution is -0.120. The Morgan fingerprint density at radius 3 is 2.62 bits per heavy atom. The van der Waals surface area contributed by atoms with Crippen molar-refractivity contribution >= 4 is 29.7 Å². The van der Waals surface area contributed by atoms with Crippen LogP contribution in [0.2, 0.25) is 0 Å². The number of halogens is 1. The van der Waals surface area contributed by atoms with Gasteiger partial charge in [0.1, 0.15) is 0 Å². The molecule has 1 heterocycles. The Hall–Kier alpha value is -0.580. The van der Waals surface area contributed by atoms with Crippen LogP contribution < -0.4 is 10.6 Å². The summed E-state index contributed by atoms with van der Waals surface area (Å²) in [7, 11) is 0. The minimum atomic E-state index is 0.